The Morgan fingerprint density at radius 1 is 1.33 bits per heavy atom. The number of amides is 1. The van der Waals surface area contributed by atoms with Crippen molar-refractivity contribution in [1.82, 2.24) is 9.88 Å². The van der Waals surface area contributed by atoms with Crippen LogP contribution in [0, 0.1) is 18.8 Å². The molecule has 126 valence electrons. The van der Waals surface area contributed by atoms with Crippen LogP contribution in [0.2, 0.25) is 0 Å². The van der Waals surface area contributed by atoms with Crippen LogP contribution in [0.1, 0.15) is 40.3 Å². The molecule has 0 saturated carbocycles. The van der Waals surface area contributed by atoms with Gasteiger partial charge in [-0.3, -0.25) is 4.79 Å². The van der Waals surface area contributed by atoms with Gasteiger partial charge in [-0.2, -0.15) is 0 Å². The summed E-state index contributed by atoms with van der Waals surface area (Å²) >= 11 is 1.62. The number of hydrogen-bond acceptors (Lipinski definition) is 4. The van der Waals surface area contributed by atoms with Crippen molar-refractivity contribution in [2.75, 3.05) is 13.6 Å². The van der Waals surface area contributed by atoms with Crippen LogP contribution >= 0.6 is 11.3 Å². The Balaban J connectivity index is 1.98. The first kappa shape index (κ1) is 18.2. The highest BCUT2D eigenvalue weighted by molar-refractivity contribution is 7.09. The van der Waals surface area contributed by atoms with E-state index < -0.39 is 5.60 Å². The van der Waals surface area contributed by atoms with Crippen molar-refractivity contribution < 1.29 is 9.90 Å². The summed E-state index contributed by atoms with van der Waals surface area (Å²) in [5.41, 5.74) is 3.25. The van der Waals surface area contributed by atoms with Crippen molar-refractivity contribution >= 4 is 17.2 Å². The Morgan fingerprint density at radius 2 is 2.00 bits per heavy atom. The van der Waals surface area contributed by atoms with E-state index in [0.717, 1.165) is 17.7 Å². The van der Waals surface area contributed by atoms with Crippen molar-refractivity contribution in [2.24, 2.45) is 0 Å². The van der Waals surface area contributed by atoms with Crippen LogP contribution in [-0.4, -0.2) is 40.1 Å². The summed E-state index contributed by atoms with van der Waals surface area (Å²) < 4.78 is 0. The van der Waals surface area contributed by atoms with Crippen molar-refractivity contribution in [3.8, 4) is 11.8 Å². The van der Waals surface area contributed by atoms with E-state index >= 15 is 0 Å². The quantitative estimate of drug-likeness (QED) is 0.869. The number of rotatable bonds is 4. The fourth-order valence-electron chi connectivity index (χ4n) is 2.08. The first-order valence-corrected chi connectivity index (χ1v) is 8.64. The average molecular weight is 342 g/mol. The number of carbonyl (C=O) groups is 1. The third-order valence-corrected chi connectivity index (χ3v) is 4.51. The second-order valence-corrected chi connectivity index (χ2v) is 7.16. The summed E-state index contributed by atoms with van der Waals surface area (Å²) in [5.74, 6) is 5.64. The van der Waals surface area contributed by atoms with Crippen LogP contribution in [0.5, 0.6) is 0 Å². The maximum atomic E-state index is 12.5. The third-order valence-electron chi connectivity index (χ3n) is 3.51. The van der Waals surface area contributed by atoms with Gasteiger partial charge in [0, 0.05) is 36.0 Å². The highest BCUT2D eigenvalue weighted by Gasteiger charge is 2.12. The topological polar surface area (TPSA) is 53.4 Å². The normalized spacial score (nSPS) is 10.9. The van der Waals surface area contributed by atoms with E-state index in [1.54, 1.807) is 61.4 Å². The van der Waals surface area contributed by atoms with E-state index in [0.29, 0.717) is 12.1 Å². The molecule has 24 heavy (non-hydrogen) atoms. The number of aliphatic hydroxyl groups is 1. The molecule has 0 bridgehead atoms. The zero-order valence-electron chi connectivity index (χ0n) is 14.5. The Bertz CT molecular complexity index is 761. The third kappa shape index (κ3) is 5.19. The molecular formula is C19H22N2O2S. The molecule has 5 heteroatoms. The van der Waals surface area contributed by atoms with Gasteiger partial charge in [0.25, 0.3) is 5.91 Å². The van der Waals surface area contributed by atoms with Gasteiger partial charge in [-0.05, 0) is 45.0 Å². The molecular weight excluding hydrogens is 320 g/mol. The second kappa shape index (κ2) is 7.61. The van der Waals surface area contributed by atoms with Crippen LogP contribution in [0.3, 0.4) is 0 Å². The lowest BCUT2D eigenvalue weighted by atomic mass is 10.1. The molecule has 1 aromatic carbocycles. The molecule has 4 nitrogen and oxygen atoms in total. The standard InChI is InChI=1S/C19H22N2O2S/c1-14-17(24-13-20-14)10-12-21(4)18(22)16-7-5-15(6-8-16)9-11-19(2,3)23/h5-8,13,23H,10,12H2,1-4H3. The zero-order valence-corrected chi connectivity index (χ0v) is 15.3. The molecule has 1 amide bonds. The predicted molar refractivity (Wildman–Crippen MR) is 97.1 cm³/mol. The lowest BCUT2D eigenvalue weighted by molar-refractivity contribution is 0.0796. The molecule has 0 atom stereocenters. The highest BCUT2D eigenvalue weighted by Crippen LogP contribution is 2.14. The van der Waals surface area contributed by atoms with Crippen molar-refractivity contribution in [2.45, 2.75) is 32.8 Å². The highest BCUT2D eigenvalue weighted by atomic mass is 32.1. The lowest BCUT2D eigenvalue weighted by Crippen LogP contribution is -2.28. The summed E-state index contributed by atoms with van der Waals surface area (Å²) in [6.07, 6.45) is 0.813. The molecule has 1 aromatic heterocycles. The molecule has 0 spiro atoms. The zero-order chi connectivity index (χ0) is 17.7. The van der Waals surface area contributed by atoms with Gasteiger partial charge in [0.15, 0.2) is 0 Å². The molecule has 0 aliphatic rings. The summed E-state index contributed by atoms with van der Waals surface area (Å²) in [6, 6.07) is 7.14. The molecule has 0 radical (unpaired) electrons. The summed E-state index contributed by atoms with van der Waals surface area (Å²) in [4.78, 5) is 19.6. The number of aromatic nitrogens is 1. The molecule has 0 aliphatic heterocycles. The minimum atomic E-state index is -1.02. The maximum Gasteiger partial charge on any atom is 0.253 e. The van der Waals surface area contributed by atoms with E-state index in [2.05, 4.69) is 16.8 Å². The van der Waals surface area contributed by atoms with Crippen LogP contribution in [-0.2, 0) is 6.42 Å². The van der Waals surface area contributed by atoms with Gasteiger partial charge >= 0.3 is 0 Å². The van der Waals surface area contributed by atoms with Gasteiger partial charge in [-0.1, -0.05) is 11.8 Å². The molecule has 1 heterocycles. The van der Waals surface area contributed by atoms with E-state index in [4.69, 9.17) is 0 Å². The fraction of sp³-hybridized carbons (Fsp3) is 0.368. The number of benzene rings is 1. The fourth-order valence-corrected chi connectivity index (χ4v) is 2.85. The minimum absolute atomic E-state index is 0.0147. The summed E-state index contributed by atoms with van der Waals surface area (Å²) in [5, 5.41) is 9.61. The second-order valence-electron chi connectivity index (χ2n) is 6.22. The van der Waals surface area contributed by atoms with E-state index in [9.17, 15) is 9.90 Å². The summed E-state index contributed by atoms with van der Waals surface area (Å²) in [6.45, 7) is 5.92. The number of thiazole rings is 1. The number of nitrogens with zero attached hydrogens (tertiary/aromatic N) is 2. The maximum absolute atomic E-state index is 12.5. The molecule has 0 fully saturated rings. The van der Waals surface area contributed by atoms with Gasteiger partial charge < -0.3 is 10.0 Å². The smallest absolute Gasteiger partial charge is 0.253 e. The Kier molecular flexibility index (Phi) is 5.76. The number of aryl methyl sites for hydroxylation is 1. The van der Waals surface area contributed by atoms with E-state index in [1.165, 1.54) is 4.88 Å². The first-order valence-electron chi connectivity index (χ1n) is 7.76. The average Bonchev–Trinajstić information content (AvgIpc) is 2.95. The number of likely N-dealkylation sites (N-methyl/N-ethyl adjacent to an activating group) is 1. The Labute approximate surface area is 147 Å². The van der Waals surface area contributed by atoms with Crippen LogP contribution in [0.25, 0.3) is 0 Å². The monoisotopic (exact) mass is 342 g/mol. The molecule has 1 N–H and O–H groups in total. The van der Waals surface area contributed by atoms with Crippen molar-refractivity contribution in [3.05, 3.63) is 51.5 Å². The summed E-state index contributed by atoms with van der Waals surface area (Å²) in [7, 11) is 1.81. The van der Waals surface area contributed by atoms with Gasteiger partial charge in [0.05, 0.1) is 11.2 Å². The lowest BCUT2D eigenvalue weighted by Gasteiger charge is -2.17. The van der Waals surface area contributed by atoms with E-state index in [1.807, 2.05) is 12.4 Å². The van der Waals surface area contributed by atoms with Gasteiger partial charge in [-0.15, -0.1) is 11.3 Å². The Hall–Kier alpha value is -2.16. The van der Waals surface area contributed by atoms with Crippen molar-refractivity contribution in [1.29, 1.82) is 0 Å². The van der Waals surface area contributed by atoms with Crippen LogP contribution < -0.4 is 0 Å². The van der Waals surface area contributed by atoms with Gasteiger partial charge in [-0.25, -0.2) is 4.98 Å². The molecule has 2 aromatic rings. The molecule has 2 rings (SSSR count). The number of hydrogen-bond donors (Lipinski definition) is 1. The van der Waals surface area contributed by atoms with Crippen LogP contribution in [0.4, 0.5) is 0 Å². The molecule has 0 saturated heterocycles. The van der Waals surface area contributed by atoms with Gasteiger partial charge in [0.2, 0.25) is 0 Å². The molecule has 0 aliphatic carbocycles. The SMILES string of the molecule is Cc1ncsc1CCN(C)C(=O)c1ccc(C#CC(C)(C)O)cc1. The first-order chi connectivity index (χ1) is 11.3. The van der Waals surface area contributed by atoms with Gasteiger partial charge in [0.1, 0.15) is 5.60 Å². The predicted octanol–water partition coefficient (Wildman–Crippen LogP) is 2.89. The minimum Gasteiger partial charge on any atom is -0.378 e. The largest absolute Gasteiger partial charge is 0.378 e. The van der Waals surface area contributed by atoms with Crippen molar-refractivity contribution in [3.63, 3.8) is 0 Å². The van der Waals surface area contributed by atoms with E-state index in [-0.39, 0.29) is 5.91 Å². The van der Waals surface area contributed by atoms with Crippen LogP contribution in [0.15, 0.2) is 29.8 Å². The Morgan fingerprint density at radius 3 is 2.54 bits per heavy atom. The molecule has 0 unspecified atom stereocenters. The number of carbonyl (C=O) groups excluding carboxylic acids is 1.